The molecule has 0 radical (unpaired) electrons. The van der Waals surface area contributed by atoms with E-state index in [2.05, 4.69) is 22.7 Å². The summed E-state index contributed by atoms with van der Waals surface area (Å²) in [7, 11) is 0. The predicted molar refractivity (Wildman–Crippen MR) is 105 cm³/mol. The zero-order chi connectivity index (χ0) is 19.9. The van der Waals surface area contributed by atoms with E-state index in [9.17, 15) is 9.59 Å². The fraction of sp³-hybridized carbons (Fsp3) is 0.450. The highest BCUT2D eigenvalue weighted by molar-refractivity contribution is 5.96. The normalized spacial score (nSPS) is 16.0. The van der Waals surface area contributed by atoms with Gasteiger partial charge in [-0.25, -0.2) is 4.79 Å². The number of nitrogens with zero attached hydrogens (tertiary/aromatic N) is 2. The number of carbonyl (C=O) groups excluding carboxylic acids is 2. The number of benzene rings is 1. The van der Waals surface area contributed by atoms with Crippen LogP contribution in [0.15, 0.2) is 34.9 Å². The molecule has 2 heterocycles. The Morgan fingerprint density at radius 2 is 2.14 bits per heavy atom. The van der Waals surface area contributed by atoms with Gasteiger partial charge in [-0.15, -0.1) is 0 Å². The van der Waals surface area contributed by atoms with Crippen molar-refractivity contribution in [3.8, 4) is 0 Å². The van der Waals surface area contributed by atoms with E-state index in [-0.39, 0.29) is 24.6 Å². The molecule has 2 N–H and O–H groups in total. The van der Waals surface area contributed by atoms with E-state index in [1.807, 2.05) is 24.3 Å². The number of hydrogen-bond donors (Lipinski definition) is 2. The fourth-order valence-electron chi connectivity index (χ4n) is 3.11. The summed E-state index contributed by atoms with van der Waals surface area (Å²) < 4.78 is 10.6. The molecule has 3 amide bonds. The Bertz CT molecular complexity index is 814. The lowest BCUT2D eigenvalue weighted by atomic mass is 10.1. The van der Waals surface area contributed by atoms with Gasteiger partial charge in [0.1, 0.15) is 12.3 Å². The molecule has 8 heteroatoms. The van der Waals surface area contributed by atoms with Crippen LogP contribution in [0.5, 0.6) is 0 Å². The minimum atomic E-state index is -0.344. The number of hydrogen-bond acceptors (Lipinski definition) is 5. The van der Waals surface area contributed by atoms with Gasteiger partial charge in [-0.3, -0.25) is 4.79 Å². The first kappa shape index (κ1) is 19.9. The van der Waals surface area contributed by atoms with E-state index in [0.717, 1.165) is 24.8 Å². The van der Waals surface area contributed by atoms with E-state index < -0.39 is 0 Å². The molecule has 150 valence electrons. The van der Waals surface area contributed by atoms with Crippen molar-refractivity contribution in [2.45, 2.75) is 39.2 Å². The third-order valence-electron chi connectivity index (χ3n) is 4.55. The topological polar surface area (TPSA) is 96.7 Å². The summed E-state index contributed by atoms with van der Waals surface area (Å²) in [6, 6.07) is 8.96. The molecule has 0 aliphatic carbocycles. The number of carbonyl (C=O) groups is 2. The lowest BCUT2D eigenvalue weighted by Crippen LogP contribution is -2.44. The lowest BCUT2D eigenvalue weighted by Gasteiger charge is -2.25. The first-order valence-electron chi connectivity index (χ1n) is 9.53. The van der Waals surface area contributed by atoms with Crippen molar-refractivity contribution in [2.24, 2.45) is 0 Å². The maximum absolute atomic E-state index is 12.8. The van der Waals surface area contributed by atoms with Crippen LogP contribution in [-0.2, 0) is 16.0 Å². The van der Waals surface area contributed by atoms with E-state index in [1.54, 1.807) is 13.0 Å². The molecule has 1 aromatic heterocycles. The summed E-state index contributed by atoms with van der Waals surface area (Å²) in [6.07, 6.45) is 2.65. The predicted octanol–water partition coefficient (Wildman–Crippen LogP) is 3.20. The van der Waals surface area contributed by atoms with Crippen molar-refractivity contribution < 1.29 is 18.8 Å². The van der Waals surface area contributed by atoms with Crippen LogP contribution in [0, 0.1) is 6.92 Å². The number of nitrogens with one attached hydrogen (secondary N) is 2. The molecule has 3 rings (SSSR count). The van der Waals surface area contributed by atoms with E-state index in [0.29, 0.717) is 30.4 Å². The van der Waals surface area contributed by atoms with Crippen molar-refractivity contribution in [3.63, 3.8) is 0 Å². The molecule has 2 aromatic rings. The third kappa shape index (κ3) is 5.56. The second kappa shape index (κ2) is 9.36. The van der Waals surface area contributed by atoms with Crippen molar-refractivity contribution in [3.05, 3.63) is 41.7 Å². The summed E-state index contributed by atoms with van der Waals surface area (Å²) >= 11 is 0. The largest absolute Gasteiger partial charge is 0.376 e. The summed E-state index contributed by atoms with van der Waals surface area (Å²) in [4.78, 5) is 26.7. The number of amides is 3. The molecule has 0 spiro atoms. The Morgan fingerprint density at radius 3 is 2.82 bits per heavy atom. The molecule has 8 nitrogen and oxygen atoms in total. The van der Waals surface area contributed by atoms with Crippen LogP contribution >= 0.6 is 0 Å². The monoisotopic (exact) mass is 386 g/mol. The van der Waals surface area contributed by atoms with Gasteiger partial charge in [0, 0.05) is 24.9 Å². The molecule has 1 aliphatic heterocycles. The molecule has 1 aliphatic rings. The van der Waals surface area contributed by atoms with Gasteiger partial charge in [0.05, 0.1) is 6.10 Å². The molecule has 1 fully saturated rings. The minimum absolute atomic E-state index is 0.0604. The van der Waals surface area contributed by atoms with Gasteiger partial charge < -0.3 is 24.8 Å². The molecule has 0 saturated carbocycles. The number of ether oxygens (including phenoxy) is 1. The van der Waals surface area contributed by atoms with Gasteiger partial charge in [0.25, 0.3) is 0 Å². The molecular weight excluding hydrogens is 360 g/mol. The Kier molecular flexibility index (Phi) is 6.65. The molecule has 0 bridgehead atoms. The van der Waals surface area contributed by atoms with E-state index in [4.69, 9.17) is 9.26 Å². The quantitative estimate of drug-likeness (QED) is 0.762. The zero-order valence-electron chi connectivity index (χ0n) is 16.2. The van der Waals surface area contributed by atoms with Crippen LogP contribution in [0.4, 0.5) is 16.3 Å². The van der Waals surface area contributed by atoms with Crippen LogP contribution in [0.3, 0.4) is 0 Å². The number of urea groups is 1. The molecule has 28 heavy (non-hydrogen) atoms. The van der Waals surface area contributed by atoms with Crippen LogP contribution in [0.2, 0.25) is 0 Å². The van der Waals surface area contributed by atoms with Crippen molar-refractivity contribution >= 4 is 23.4 Å². The summed E-state index contributed by atoms with van der Waals surface area (Å²) in [5, 5.41) is 9.28. The first-order chi connectivity index (χ1) is 13.5. The standard InChI is InChI=1S/C20H26N4O4/c1-3-15-6-4-7-16(11-15)21-20(26)24(12-17-8-5-9-27-17)13-19(25)22-18-10-14(2)28-23-18/h4,6-7,10-11,17H,3,5,8-9,12-13H2,1-2H3,(H,21,26)(H,22,23,25)/t17-/m0/s1. The fourth-order valence-corrected chi connectivity index (χ4v) is 3.11. The highest BCUT2D eigenvalue weighted by Crippen LogP contribution is 2.16. The maximum Gasteiger partial charge on any atom is 0.322 e. The first-order valence-corrected chi connectivity index (χ1v) is 9.53. The van der Waals surface area contributed by atoms with E-state index >= 15 is 0 Å². The number of aryl methyl sites for hydroxylation is 2. The highest BCUT2D eigenvalue weighted by atomic mass is 16.5. The SMILES string of the molecule is CCc1cccc(NC(=O)N(CC(=O)Nc2cc(C)on2)C[C@@H]2CCCO2)c1. The third-order valence-corrected chi connectivity index (χ3v) is 4.55. The van der Waals surface area contributed by atoms with Crippen LogP contribution in [0.1, 0.15) is 31.1 Å². The molecule has 1 aromatic carbocycles. The number of anilines is 2. The van der Waals surface area contributed by atoms with Crippen molar-refractivity contribution in [1.29, 1.82) is 0 Å². The Balaban J connectivity index is 1.66. The van der Waals surface area contributed by atoms with Gasteiger partial charge in [-0.1, -0.05) is 24.2 Å². The minimum Gasteiger partial charge on any atom is -0.376 e. The average Bonchev–Trinajstić information content (AvgIpc) is 3.33. The highest BCUT2D eigenvalue weighted by Gasteiger charge is 2.25. The van der Waals surface area contributed by atoms with Crippen LogP contribution in [-0.4, -0.2) is 47.8 Å². The molecule has 1 atom stereocenters. The Hall–Kier alpha value is -2.87. The molecule has 1 saturated heterocycles. The van der Waals surface area contributed by atoms with Crippen LogP contribution < -0.4 is 10.6 Å². The van der Waals surface area contributed by atoms with E-state index in [1.165, 1.54) is 4.90 Å². The zero-order valence-corrected chi connectivity index (χ0v) is 16.2. The summed E-state index contributed by atoms with van der Waals surface area (Å²) in [5.74, 6) is 0.583. The summed E-state index contributed by atoms with van der Waals surface area (Å²) in [6.45, 7) is 4.73. The van der Waals surface area contributed by atoms with Gasteiger partial charge in [0.2, 0.25) is 5.91 Å². The maximum atomic E-state index is 12.8. The van der Waals surface area contributed by atoms with Crippen LogP contribution in [0.25, 0.3) is 0 Å². The Morgan fingerprint density at radius 1 is 1.29 bits per heavy atom. The molecular formula is C20H26N4O4. The van der Waals surface area contributed by atoms with Crippen molar-refractivity contribution in [1.82, 2.24) is 10.1 Å². The lowest BCUT2D eigenvalue weighted by molar-refractivity contribution is -0.117. The average molecular weight is 386 g/mol. The number of aromatic nitrogens is 1. The van der Waals surface area contributed by atoms with Crippen molar-refractivity contribution in [2.75, 3.05) is 30.3 Å². The summed E-state index contributed by atoms with van der Waals surface area (Å²) in [5.41, 5.74) is 1.83. The number of rotatable bonds is 7. The second-order valence-corrected chi connectivity index (χ2v) is 6.87. The smallest absolute Gasteiger partial charge is 0.322 e. The second-order valence-electron chi connectivity index (χ2n) is 6.87. The van der Waals surface area contributed by atoms with Gasteiger partial charge in [-0.2, -0.15) is 0 Å². The van der Waals surface area contributed by atoms with Gasteiger partial charge >= 0.3 is 6.03 Å². The van der Waals surface area contributed by atoms with Gasteiger partial charge in [-0.05, 0) is 43.9 Å². The Labute approximate surface area is 164 Å². The molecule has 0 unspecified atom stereocenters. The van der Waals surface area contributed by atoms with Gasteiger partial charge in [0.15, 0.2) is 5.82 Å².